The number of thioether (sulfide) groups is 1. The molecular formula is C14H14Cl2N2O2S2. The molecule has 118 valence electrons. The van der Waals surface area contributed by atoms with Crippen molar-refractivity contribution in [1.29, 1.82) is 0 Å². The van der Waals surface area contributed by atoms with E-state index in [2.05, 4.69) is 4.98 Å². The van der Waals surface area contributed by atoms with E-state index in [0.29, 0.717) is 29.0 Å². The Labute approximate surface area is 143 Å². The number of benzene rings is 1. The lowest BCUT2D eigenvalue weighted by molar-refractivity contribution is 0.443. The Hall–Kier alpha value is -0.530. The average molecular weight is 377 g/mol. The molecule has 1 aromatic carbocycles. The van der Waals surface area contributed by atoms with E-state index in [4.69, 9.17) is 23.2 Å². The van der Waals surface area contributed by atoms with E-state index in [0.717, 1.165) is 17.1 Å². The molecule has 2 aromatic rings. The van der Waals surface area contributed by atoms with E-state index in [-0.39, 0.29) is 9.92 Å². The van der Waals surface area contributed by atoms with Gasteiger partial charge < -0.3 is 0 Å². The molecule has 0 atom stereocenters. The molecular weight excluding hydrogens is 363 g/mol. The molecule has 8 heteroatoms. The number of fused-ring (bicyclic) bond motifs is 1. The SMILES string of the molecule is Cc1cc(Cl)cc2c(Cl)c(S(=O)(=O)N3CCSCC3)cnc12. The fourth-order valence-electron chi connectivity index (χ4n) is 2.49. The van der Waals surface area contributed by atoms with Gasteiger partial charge in [0.2, 0.25) is 10.0 Å². The van der Waals surface area contributed by atoms with Crippen molar-refractivity contribution in [3.8, 4) is 0 Å². The highest BCUT2D eigenvalue weighted by Crippen LogP contribution is 2.34. The Morgan fingerprint density at radius 2 is 1.91 bits per heavy atom. The van der Waals surface area contributed by atoms with Crippen LogP contribution in [0.25, 0.3) is 10.9 Å². The second-order valence-corrected chi connectivity index (χ2v) is 9.02. The van der Waals surface area contributed by atoms with Crippen LogP contribution in [0.5, 0.6) is 0 Å². The smallest absolute Gasteiger partial charge is 0.246 e. The van der Waals surface area contributed by atoms with Gasteiger partial charge >= 0.3 is 0 Å². The predicted octanol–water partition coefficient (Wildman–Crippen LogP) is 3.59. The largest absolute Gasteiger partial charge is 0.254 e. The Bertz CT molecular complexity index is 834. The molecule has 0 radical (unpaired) electrons. The highest BCUT2D eigenvalue weighted by molar-refractivity contribution is 7.99. The molecule has 1 fully saturated rings. The average Bonchev–Trinajstić information content (AvgIpc) is 2.49. The normalized spacial score (nSPS) is 17.0. The Balaban J connectivity index is 2.17. The quantitative estimate of drug-likeness (QED) is 0.803. The van der Waals surface area contributed by atoms with E-state index in [1.807, 2.05) is 6.92 Å². The van der Waals surface area contributed by atoms with Gasteiger partial charge in [-0.2, -0.15) is 16.1 Å². The van der Waals surface area contributed by atoms with Crippen molar-refractivity contribution in [2.75, 3.05) is 24.6 Å². The van der Waals surface area contributed by atoms with Crippen LogP contribution in [0, 0.1) is 6.92 Å². The van der Waals surface area contributed by atoms with Crippen LogP contribution in [0.2, 0.25) is 10.0 Å². The number of aromatic nitrogens is 1. The van der Waals surface area contributed by atoms with Gasteiger partial charge in [-0.3, -0.25) is 4.98 Å². The Kier molecular flexibility index (Phi) is 4.58. The number of hydrogen-bond acceptors (Lipinski definition) is 4. The highest BCUT2D eigenvalue weighted by atomic mass is 35.5. The minimum absolute atomic E-state index is 0.0511. The van der Waals surface area contributed by atoms with Crippen LogP contribution in [0.1, 0.15) is 5.56 Å². The summed E-state index contributed by atoms with van der Waals surface area (Å²) in [5, 5.41) is 1.27. The molecule has 4 nitrogen and oxygen atoms in total. The zero-order valence-electron chi connectivity index (χ0n) is 11.8. The number of aryl methyl sites for hydroxylation is 1. The maximum atomic E-state index is 12.8. The third kappa shape index (κ3) is 2.83. The fourth-order valence-corrected chi connectivity index (χ4v) is 5.85. The zero-order valence-corrected chi connectivity index (χ0v) is 15.0. The maximum absolute atomic E-state index is 12.8. The van der Waals surface area contributed by atoms with Crippen LogP contribution < -0.4 is 0 Å². The van der Waals surface area contributed by atoms with Gasteiger partial charge in [-0.15, -0.1) is 0 Å². The number of hydrogen-bond donors (Lipinski definition) is 0. The Morgan fingerprint density at radius 3 is 2.59 bits per heavy atom. The van der Waals surface area contributed by atoms with Crippen molar-refractivity contribution in [2.45, 2.75) is 11.8 Å². The van der Waals surface area contributed by atoms with Crippen LogP contribution in [0.15, 0.2) is 23.2 Å². The lowest BCUT2D eigenvalue weighted by Crippen LogP contribution is -2.38. The molecule has 0 saturated carbocycles. The molecule has 1 aliphatic heterocycles. The van der Waals surface area contributed by atoms with Gasteiger partial charge in [0, 0.05) is 41.2 Å². The number of sulfonamides is 1. The fraction of sp³-hybridized carbons (Fsp3) is 0.357. The van der Waals surface area contributed by atoms with E-state index in [1.54, 1.807) is 23.9 Å². The molecule has 0 N–H and O–H groups in total. The third-order valence-electron chi connectivity index (χ3n) is 3.62. The van der Waals surface area contributed by atoms with Crippen LogP contribution in [0.3, 0.4) is 0 Å². The van der Waals surface area contributed by atoms with Crippen LogP contribution in [0.4, 0.5) is 0 Å². The van der Waals surface area contributed by atoms with Crippen molar-refractivity contribution in [1.82, 2.24) is 9.29 Å². The van der Waals surface area contributed by atoms with Crippen molar-refractivity contribution >= 4 is 55.9 Å². The van der Waals surface area contributed by atoms with E-state index in [1.165, 1.54) is 10.5 Å². The van der Waals surface area contributed by atoms with E-state index < -0.39 is 10.0 Å². The van der Waals surface area contributed by atoms with Gasteiger partial charge in [0.25, 0.3) is 0 Å². The molecule has 0 bridgehead atoms. The first kappa shape index (κ1) is 16.3. The summed E-state index contributed by atoms with van der Waals surface area (Å²) in [7, 11) is -3.63. The summed E-state index contributed by atoms with van der Waals surface area (Å²) >= 11 is 14.2. The highest BCUT2D eigenvalue weighted by Gasteiger charge is 2.29. The number of rotatable bonds is 2. The van der Waals surface area contributed by atoms with Crippen molar-refractivity contribution in [2.24, 2.45) is 0 Å². The molecule has 0 spiro atoms. The lowest BCUT2D eigenvalue weighted by Gasteiger charge is -2.26. The molecule has 1 aliphatic rings. The second-order valence-electron chi connectivity index (χ2n) is 5.07. The summed E-state index contributed by atoms with van der Waals surface area (Å²) < 4.78 is 27.0. The Morgan fingerprint density at radius 1 is 1.23 bits per heavy atom. The molecule has 2 heterocycles. The number of nitrogens with zero attached hydrogens (tertiary/aromatic N) is 2. The summed E-state index contributed by atoms with van der Waals surface area (Å²) in [4.78, 5) is 4.34. The summed E-state index contributed by atoms with van der Waals surface area (Å²) in [5.41, 5.74) is 1.53. The first-order chi connectivity index (χ1) is 10.4. The second kappa shape index (κ2) is 6.17. The molecule has 0 amide bonds. The van der Waals surface area contributed by atoms with Crippen molar-refractivity contribution < 1.29 is 8.42 Å². The molecule has 1 saturated heterocycles. The van der Waals surface area contributed by atoms with Gasteiger partial charge in [-0.25, -0.2) is 8.42 Å². The van der Waals surface area contributed by atoms with Gasteiger partial charge in [0.15, 0.2) is 0 Å². The first-order valence-electron chi connectivity index (χ1n) is 6.73. The van der Waals surface area contributed by atoms with Gasteiger partial charge in [-0.1, -0.05) is 23.2 Å². The van der Waals surface area contributed by atoms with Crippen LogP contribution in [-0.2, 0) is 10.0 Å². The molecule has 1 aromatic heterocycles. The monoisotopic (exact) mass is 376 g/mol. The van der Waals surface area contributed by atoms with Gasteiger partial charge in [-0.05, 0) is 24.6 Å². The summed E-state index contributed by atoms with van der Waals surface area (Å²) in [5.74, 6) is 1.59. The number of halogens is 2. The molecule has 0 aliphatic carbocycles. The van der Waals surface area contributed by atoms with E-state index in [9.17, 15) is 8.42 Å². The van der Waals surface area contributed by atoms with Crippen molar-refractivity contribution in [3.63, 3.8) is 0 Å². The maximum Gasteiger partial charge on any atom is 0.246 e. The first-order valence-corrected chi connectivity index (χ1v) is 10.1. The summed E-state index contributed by atoms with van der Waals surface area (Å²) in [6.07, 6.45) is 1.35. The number of pyridine rings is 1. The standard InChI is InChI=1S/C14H14Cl2N2O2S2/c1-9-6-10(15)7-11-13(16)12(8-17-14(9)11)22(19,20)18-2-4-21-5-3-18/h6-8H,2-5H2,1H3. The van der Waals surface area contributed by atoms with E-state index >= 15 is 0 Å². The van der Waals surface area contributed by atoms with Crippen LogP contribution in [-0.4, -0.2) is 42.3 Å². The third-order valence-corrected chi connectivity index (χ3v) is 7.21. The minimum atomic E-state index is -3.63. The van der Waals surface area contributed by atoms with Crippen LogP contribution >= 0.6 is 35.0 Å². The summed E-state index contributed by atoms with van der Waals surface area (Å²) in [6.45, 7) is 2.86. The minimum Gasteiger partial charge on any atom is -0.254 e. The van der Waals surface area contributed by atoms with Crippen molar-refractivity contribution in [3.05, 3.63) is 33.9 Å². The van der Waals surface area contributed by atoms with Gasteiger partial charge in [0.05, 0.1) is 10.5 Å². The lowest BCUT2D eigenvalue weighted by atomic mass is 10.1. The topological polar surface area (TPSA) is 50.3 Å². The summed E-state index contributed by atoms with van der Waals surface area (Å²) in [6, 6.07) is 3.44. The molecule has 0 unspecified atom stereocenters. The molecule has 22 heavy (non-hydrogen) atoms. The molecule has 3 rings (SSSR count). The van der Waals surface area contributed by atoms with Gasteiger partial charge in [0.1, 0.15) is 4.90 Å². The zero-order chi connectivity index (χ0) is 15.9. The predicted molar refractivity (Wildman–Crippen MR) is 92.6 cm³/mol.